The molecule has 0 radical (unpaired) electrons. The molecule has 0 aliphatic carbocycles. The largest absolute Gasteiger partial charge is 0.497 e. The van der Waals surface area contributed by atoms with Crippen LogP contribution in [0.15, 0.2) is 18.2 Å². The Morgan fingerprint density at radius 2 is 2.06 bits per heavy atom. The van der Waals surface area contributed by atoms with Crippen LogP contribution in [0.1, 0.15) is 19.7 Å². The Bertz CT molecular complexity index is 514. The van der Waals surface area contributed by atoms with Crippen molar-refractivity contribution in [3.8, 4) is 5.75 Å². The first-order valence-electron chi connectivity index (χ1n) is 5.79. The van der Waals surface area contributed by atoms with Gasteiger partial charge in [-0.2, -0.15) is 0 Å². The quantitative estimate of drug-likeness (QED) is 0.724. The van der Waals surface area contributed by atoms with E-state index in [4.69, 9.17) is 4.74 Å². The van der Waals surface area contributed by atoms with Crippen molar-refractivity contribution < 1.29 is 9.30 Å². The molecule has 0 bridgehead atoms. The van der Waals surface area contributed by atoms with Gasteiger partial charge in [-0.3, -0.25) is 0 Å². The van der Waals surface area contributed by atoms with Gasteiger partial charge in [-0.25, -0.2) is 9.13 Å². The molecule has 3 nitrogen and oxygen atoms in total. The zero-order valence-corrected chi connectivity index (χ0v) is 10.4. The van der Waals surface area contributed by atoms with E-state index in [2.05, 4.69) is 42.0 Å². The van der Waals surface area contributed by atoms with Crippen molar-refractivity contribution in [2.75, 3.05) is 7.11 Å². The lowest BCUT2D eigenvalue weighted by atomic mass is 10.3. The van der Waals surface area contributed by atoms with Gasteiger partial charge < -0.3 is 4.74 Å². The van der Waals surface area contributed by atoms with E-state index in [1.54, 1.807) is 7.11 Å². The number of fused-ring (bicyclic) bond motifs is 1. The molecule has 1 heterocycles. The van der Waals surface area contributed by atoms with Crippen molar-refractivity contribution >= 4 is 11.0 Å². The van der Waals surface area contributed by atoms with Gasteiger partial charge in [0.25, 0.3) is 5.82 Å². The summed E-state index contributed by atoms with van der Waals surface area (Å²) in [5.74, 6) is 2.22. The fourth-order valence-corrected chi connectivity index (χ4v) is 2.37. The summed E-state index contributed by atoms with van der Waals surface area (Å²) in [5, 5.41) is 0. The van der Waals surface area contributed by atoms with Gasteiger partial charge in [0.15, 0.2) is 11.0 Å². The Morgan fingerprint density at radius 1 is 1.31 bits per heavy atom. The summed E-state index contributed by atoms with van der Waals surface area (Å²) in [6, 6.07) is 6.27. The molecule has 0 saturated carbocycles. The van der Waals surface area contributed by atoms with Gasteiger partial charge in [0.05, 0.1) is 20.2 Å². The van der Waals surface area contributed by atoms with Gasteiger partial charge in [0.1, 0.15) is 5.75 Å². The summed E-state index contributed by atoms with van der Waals surface area (Å²) in [5.41, 5.74) is 2.53. The van der Waals surface area contributed by atoms with Crippen LogP contribution < -0.4 is 9.30 Å². The number of aromatic nitrogens is 2. The second-order valence-corrected chi connectivity index (χ2v) is 3.89. The predicted molar refractivity (Wildman–Crippen MR) is 64.8 cm³/mol. The summed E-state index contributed by atoms with van der Waals surface area (Å²) in [4.78, 5) is 0. The van der Waals surface area contributed by atoms with E-state index in [1.807, 2.05) is 6.07 Å². The number of ether oxygens (including phenoxy) is 1. The second-order valence-electron chi connectivity index (χ2n) is 3.89. The van der Waals surface area contributed by atoms with Crippen LogP contribution in [0.2, 0.25) is 0 Å². The Hall–Kier alpha value is -1.51. The SMILES string of the molecule is CCn1c(C)[n+](CC)c2ccc(OC)cc21. The normalized spacial score (nSPS) is 11.0. The molecule has 0 aliphatic rings. The lowest BCUT2D eigenvalue weighted by Gasteiger charge is -1.98. The van der Waals surface area contributed by atoms with Crippen LogP contribution in [0, 0.1) is 6.92 Å². The molecule has 0 fully saturated rings. The molecule has 0 N–H and O–H groups in total. The second kappa shape index (κ2) is 4.16. The number of nitrogens with zero attached hydrogens (tertiary/aromatic N) is 2. The number of imidazole rings is 1. The summed E-state index contributed by atoms with van der Waals surface area (Å²) < 4.78 is 9.93. The molecule has 0 aliphatic heterocycles. The molecule has 0 spiro atoms. The van der Waals surface area contributed by atoms with Crippen LogP contribution in [-0.4, -0.2) is 11.7 Å². The summed E-state index contributed by atoms with van der Waals surface area (Å²) in [6.45, 7) is 8.51. The lowest BCUT2D eigenvalue weighted by molar-refractivity contribution is -0.674. The van der Waals surface area contributed by atoms with Crippen LogP contribution in [0.5, 0.6) is 5.75 Å². The van der Waals surface area contributed by atoms with Gasteiger partial charge in [0, 0.05) is 13.0 Å². The molecule has 86 valence electrons. The highest BCUT2D eigenvalue weighted by Crippen LogP contribution is 2.20. The summed E-state index contributed by atoms with van der Waals surface area (Å²) in [7, 11) is 1.71. The molecule has 1 aromatic heterocycles. The molecular formula is C13H19N2O+. The fourth-order valence-electron chi connectivity index (χ4n) is 2.37. The van der Waals surface area contributed by atoms with E-state index in [9.17, 15) is 0 Å². The highest BCUT2D eigenvalue weighted by atomic mass is 16.5. The fraction of sp³-hybridized carbons (Fsp3) is 0.462. The first-order valence-corrected chi connectivity index (χ1v) is 5.79. The molecule has 2 aromatic rings. The smallest absolute Gasteiger partial charge is 0.254 e. The Morgan fingerprint density at radius 3 is 2.62 bits per heavy atom. The minimum atomic E-state index is 0.919. The van der Waals surface area contributed by atoms with Crippen LogP contribution >= 0.6 is 0 Å². The van der Waals surface area contributed by atoms with Crippen molar-refractivity contribution in [1.29, 1.82) is 0 Å². The molecule has 0 unspecified atom stereocenters. The third-order valence-electron chi connectivity index (χ3n) is 3.18. The summed E-state index contributed by atoms with van der Waals surface area (Å²) >= 11 is 0. The Kier molecular flexibility index (Phi) is 2.86. The third-order valence-corrected chi connectivity index (χ3v) is 3.18. The first-order chi connectivity index (χ1) is 7.72. The van der Waals surface area contributed by atoms with E-state index < -0.39 is 0 Å². The first kappa shape index (κ1) is 11.0. The number of hydrogen-bond donors (Lipinski definition) is 0. The highest BCUT2D eigenvalue weighted by molar-refractivity contribution is 5.74. The van der Waals surface area contributed by atoms with Crippen molar-refractivity contribution in [2.45, 2.75) is 33.9 Å². The molecule has 0 amide bonds. The van der Waals surface area contributed by atoms with Crippen molar-refractivity contribution in [3.05, 3.63) is 24.0 Å². The number of rotatable bonds is 3. The van der Waals surface area contributed by atoms with Gasteiger partial charge in [-0.1, -0.05) is 0 Å². The molecule has 16 heavy (non-hydrogen) atoms. The highest BCUT2D eigenvalue weighted by Gasteiger charge is 2.19. The van der Waals surface area contributed by atoms with Crippen LogP contribution in [0.4, 0.5) is 0 Å². The molecule has 0 atom stereocenters. The van der Waals surface area contributed by atoms with E-state index in [0.29, 0.717) is 0 Å². The summed E-state index contributed by atoms with van der Waals surface area (Å²) in [6.07, 6.45) is 0. The minimum absolute atomic E-state index is 0.919. The topological polar surface area (TPSA) is 18.0 Å². The number of hydrogen-bond acceptors (Lipinski definition) is 1. The van der Waals surface area contributed by atoms with Gasteiger partial charge in [-0.15, -0.1) is 0 Å². The standard InChI is InChI=1S/C13H19N2O/c1-5-14-10(3)15(6-2)13-9-11(16-4)7-8-12(13)14/h7-9H,5-6H2,1-4H3/q+1. The Balaban J connectivity index is 2.78. The van der Waals surface area contributed by atoms with Crippen LogP contribution in [0.25, 0.3) is 11.0 Å². The monoisotopic (exact) mass is 219 g/mol. The molecule has 2 rings (SSSR count). The third kappa shape index (κ3) is 1.47. The van der Waals surface area contributed by atoms with E-state index in [-0.39, 0.29) is 0 Å². The lowest BCUT2D eigenvalue weighted by Crippen LogP contribution is -2.34. The van der Waals surface area contributed by atoms with Crippen molar-refractivity contribution in [2.24, 2.45) is 0 Å². The van der Waals surface area contributed by atoms with Gasteiger partial charge in [0.2, 0.25) is 0 Å². The minimum Gasteiger partial charge on any atom is -0.497 e. The van der Waals surface area contributed by atoms with E-state index >= 15 is 0 Å². The maximum absolute atomic E-state index is 5.28. The molecule has 0 saturated heterocycles. The average molecular weight is 219 g/mol. The van der Waals surface area contributed by atoms with Crippen molar-refractivity contribution in [1.82, 2.24) is 4.57 Å². The maximum Gasteiger partial charge on any atom is 0.254 e. The Labute approximate surface area is 96.3 Å². The molecule has 1 aromatic carbocycles. The van der Waals surface area contributed by atoms with Crippen LogP contribution in [0.3, 0.4) is 0 Å². The zero-order chi connectivity index (χ0) is 11.7. The van der Waals surface area contributed by atoms with Gasteiger partial charge in [-0.05, 0) is 26.0 Å². The zero-order valence-electron chi connectivity index (χ0n) is 10.4. The number of benzene rings is 1. The van der Waals surface area contributed by atoms with Gasteiger partial charge >= 0.3 is 0 Å². The maximum atomic E-state index is 5.28. The van der Waals surface area contributed by atoms with Crippen LogP contribution in [-0.2, 0) is 13.1 Å². The molecular weight excluding hydrogens is 200 g/mol. The number of methoxy groups -OCH3 is 1. The van der Waals surface area contributed by atoms with Crippen molar-refractivity contribution in [3.63, 3.8) is 0 Å². The number of aryl methyl sites for hydroxylation is 2. The average Bonchev–Trinajstić information content (AvgIpc) is 2.59. The predicted octanol–water partition coefficient (Wildman–Crippen LogP) is 2.29. The van der Waals surface area contributed by atoms with E-state index in [1.165, 1.54) is 16.9 Å². The molecule has 3 heteroatoms. The van der Waals surface area contributed by atoms with E-state index in [0.717, 1.165) is 18.8 Å².